The smallest absolute Gasteiger partial charge is 0.236 e. The zero-order chi connectivity index (χ0) is 9.68. The molecule has 76 valence electrons. The van der Waals surface area contributed by atoms with Gasteiger partial charge in [0.05, 0.1) is 13.2 Å². The quantitative estimate of drug-likeness (QED) is 0.663. The Morgan fingerprint density at radius 2 is 2.46 bits per heavy atom. The zero-order valence-corrected chi connectivity index (χ0v) is 8.16. The Bertz CT molecular complexity index is 173. The molecule has 0 radical (unpaired) electrons. The van der Waals surface area contributed by atoms with Gasteiger partial charge in [0.2, 0.25) is 5.91 Å². The maximum Gasteiger partial charge on any atom is 0.236 e. The van der Waals surface area contributed by atoms with Crippen LogP contribution in [-0.2, 0) is 9.53 Å². The molecule has 0 aromatic rings. The van der Waals surface area contributed by atoms with Gasteiger partial charge in [-0.2, -0.15) is 0 Å². The summed E-state index contributed by atoms with van der Waals surface area (Å²) < 4.78 is 5.31. The highest BCUT2D eigenvalue weighted by atomic mass is 16.5. The first-order valence-corrected chi connectivity index (χ1v) is 4.83. The molecule has 1 saturated heterocycles. The summed E-state index contributed by atoms with van der Waals surface area (Å²) in [7, 11) is 0. The maximum atomic E-state index is 11.2. The Labute approximate surface area is 79.0 Å². The molecule has 1 amide bonds. The molecule has 1 aliphatic rings. The van der Waals surface area contributed by atoms with Crippen LogP contribution in [-0.4, -0.2) is 43.7 Å². The summed E-state index contributed by atoms with van der Waals surface area (Å²) in [6, 6.07) is 0. The number of carbonyl (C=O) groups excluding carboxylic acids is 1. The third kappa shape index (κ3) is 2.97. The number of hydrogen-bond acceptors (Lipinski definition) is 3. The molecule has 0 spiro atoms. The van der Waals surface area contributed by atoms with Crippen LogP contribution in [0.25, 0.3) is 0 Å². The second-order valence-electron chi connectivity index (χ2n) is 3.36. The van der Waals surface area contributed by atoms with E-state index < -0.39 is 0 Å². The average molecular weight is 186 g/mol. The molecule has 0 bridgehead atoms. The summed E-state index contributed by atoms with van der Waals surface area (Å²) in [6.45, 7) is 5.29. The van der Waals surface area contributed by atoms with Crippen LogP contribution in [0.5, 0.6) is 0 Å². The maximum absolute atomic E-state index is 11.2. The van der Waals surface area contributed by atoms with Gasteiger partial charge < -0.3 is 15.4 Å². The molecule has 4 nitrogen and oxygen atoms in total. The molecule has 1 rings (SSSR count). The minimum atomic E-state index is 0.0546. The monoisotopic (exact) mass is 186 g/mol. The lowest BCUT2D eigenvalue weighted by molar-refractivity contribution is -0.128. The van der Waals surface area contributed by atoms with Crippen LogP contribution in [0.1, 0.15) is 13.3 Å². The molecular formula is C9H18N2O2. The molecule has 4 heteroatoms. The molecule has 0 aliphatic carbocycles. The van der Waals surface area contributed by atoms with Gasteiger partial charge in [-0.25, -0.2) is 0 Å². The van der Waals surface area contributed by atoms with Crippen molar-refractivity contribution in [2.24, 2.45) is 11.7 Å². The largest absolute Gasteiger partial charge is 0.381 e. The number of nitrogens with two attached hydrogens (primary N) is 1. The summed E-state index contributed by atoms with van der Waals surface area (Å²) in [5.74, 6) is 0.564. The number of nitrogens with zero attached hydrogens (tertiary/aromatic N) is 1. The van der Waals surface area contributed by atoms with Crippen molar-refractivity contribution in [2.75, 3.05) is 32.8 Å². The van der Waals surface area contributed by atoms with Gasteiger partial charge in [0.15, 0.2) is 0 Å². The summed E-state index contributed by atoms with van der Waals surface area (Å²) in [4.78, 5) is 13.0. The van der Waals surface area contributed by atoms with Gasteiger partial charge in [-0.1, -0.05) is 0 Å². The lowest BCUT2D eigenvalue weighted by Gasteiger charge is -2.15. The Hall–Kier alpha value is -0.610. The topological polar surface area (TPSA) is 55.6 Å². The molecule has 0 aromatic heterocycles. The fourth-order valence-electron chi connectivity index (χ4n) is 1.61. The minimum absolute atomic E-state index is 0.0546. The SMILES string of the molecule is CCOCC1CCN(C(=O)CN)C1. The lowest BCUT2D eigenvalue weighted by atomic mass is 10.1. The van der Waals surface area contributed by atoms with Crippen LogP contribution in [0, 0.1) is 5.92 Å². The first-order chi connectivity index (χ1) is 6.27. The van der Waals surface area contributed by atoms with E-state index in [1.54, 1.807) is 0 Å². The molecule has 1 aliphatic heterocycles. The van der Waals surface area contributed by atoms with Crippen LogP contribution in [0.2, 0.25) is 0 Å². The van der Waals surface area contributed by atoms with Crippen LogP contribution < -0.4 is 5.73 Å². The number of amides is 1. The van der Waals surface area contributed by atoms with Crippen molar-refractivity contribution in [1.82, 2.24) is 4.90 Å². The second-order valence-corrected chi connectivity index (χ2v) is 3.36. The van der Waals surface area contributed by atoms with Gasteiger partial charge in [-0.3, -0.25) is 4.79 Å². The molecule has 1 heterocycles. The highest BCUT2D eigenvalue weighted by Gasteiger charge is 2.24. The molecular weight excluding hydrogens is 168 g/mol. The van der Waals surface area contributed by atoms with Gasteiger partial charge in [0, 0.05) is 25.6 Å². The van der Waals surface area contributed by atoms with E-state index in [-0.39, 0.29) is 12.5 Å². The number of carbonyl (C=O) groups is 1. The summed E-state index contributed by atoms with van der Waals surface area (Å²) in [5, 5.41) is 0. The van der Waals surface area contributed by atoms with Crippen molar-refractivity contribution < 1.29 is 9.53 Å². The third-order valence-electron chi connectivity index (χ3n) is 2.37. The average Bonchev–Trinajstić information content (AvgIpc) is 2.62. The van der Waals surface area contributed by atoms with Crippen molar-refractivity contribution in [3.05, 3.63) is 0 Å². The predicted octanol–water partition coefficient (Wildman–Crippen LogP) is -0.170. The van der Waals surface area contributed by atoms with E-state index in [2.05, 4.69) is 0 Å². The Morgan fingerprint density at radius 3 is 3.08 bits per heavy atom. The van der Waals surface area contributed by atoms with Gasteiger partial charge in [0.1, 0.15) is 0 Å². The zero-order valence-electron chi connectivity index (χ0n) is 8.16. The van der Waals surface area contributed by atoms with Crippen molar-refractivity contribution >= 4 is 5.91 Å². The van der Waals surface area contributed by atoms with Crippen LogP contribution >= 0.6 is 0 Å². The standard InChI is InChI=1S/C9H18N2O2/c1-2-13-7-8-3-4-11(6-8)9(12)5-10/h8H,2-7,10H2,1H3. The van der Waals surface area contributed by atoms with E-state index in [1.165, 1.54) is 0 Å². The molecule has 2 N–H and O–H groups in total. The van der Waals surface area contributed by atoms with Gasteiger partial charge in [-0.05, 0) is 13.3 Å². The number of hydrogen-bond donors (Lipinski definition) is 1. The highest BCUT2D eigenvalue weighted by Crippen LogP contribution is 2.16. The highest BCUT2D eigenvalue weighted by molar-refractivity contribution is 5.78. The number of ether oxygens (including phenoxy) is 1. The van der Waals surface area contributed by atoms with Crippen LogP contribution in [0.4, 0.5) is 0 Å². The van der Waals surface area contributed by atoms with Gasteiger partial charge in [0.25, 0.3) is 0 Å². The Balaban J connectivity index is 2.23. The fraction of sp³-hybridized carbons (Fsp3) is 0.889. The van der Waals surface area contributed by atoms with Gasteiger partial charge >= 0.3 is 0 Å². The van der Waals surface area contributed by atoms with E-state index >= 15 is 0 Å². The first kappa shape index (κ1) is 10.5. The van der Waals surface area contributed by atoms with E-state index in [4.69, 9.17) is 10.5 Å². The molecule has 1 atom stereocenters. The van der Waals surface area contributed by atoms with Crippen molar-refractivity contribution in [3.8, 4) is 0 Å². The van der Waals surface area contributed by atoms with Gasteiger partial charge in [-0.15, -0.1) is 0 Å². The summed E-state index contributed by atoms with van der Waals surface area (Å²) in [5.41, 5.74) is 5.27. The fourth-order valence-corrected chi connectivity index (χ4v) is 1.61. The summed E-state index contributed by atoms with van der Waals surface area (Å²) in [6.07, 6.45) is 1.05. The second kappa shape index (κ2) is 5.19. The van der Waals surface area contributed by atoms with Crippen molar-refractivity contribution in [3.63, 3.8) is 0 Å². The van der Waals surface area contributed by atoms with Crippen molar-refractivity contribution in [2.45, 2.75) is 13.3 Å². The first-order valence-electron chi connectivity index (χ1n) is 4.83. The minimum Gasteiger partial charge on any atom is -0.381 e. The number of likely N-dealkylation sites (tertiary alicyclic amines) is 1. The van der Waals surface area contributed by atoms with E-state index in [0.717, 1.165) is 32.7 Å². The number of rotatable bonds is 4. The van der Waals surface area contributed by atoms with Crippen LogP contribution in [0.3, 0.4) is 0 Å². The lowest BCUT2D eigenvalue weighted by Crippen LogP contribution is -2.34. The molecule has 0 aromatic carbocycles. The molecule has 1 fully saturated rings. The molecule has 1 unspecified atom stereocenters. The van der Waals surface area contributed by atoms with E-state index in [0.29, 0.717) is 5.92 Å². The Kier molecular flexibility index (Phi) is 4.18. The third-order valence-corrected chi connectivity index (χ3v) is 2.37. The van der Waals surface area contributed by atoms with E-state index in [1.807, 2.05) is 11.8 Å². The molecule has 0 saturated carbocycles. The molecule has 13 heavy (non-hydrogen) atoms. The summed E-state index contributed by atoms with van der Waals surface area (Å²) >= 11 is 0. The predicted molar refractivity (Wildman–Crippen MR) is 50.2 cm³/mol. The van der Waals surface area contributed by atoms with Crippen LogP contribution in [0.15, 0.2) is 0 Å². The van der Waals surface area contributed by atoms with E-state index in [9.17, 15) is 4.79 Å². The van der Waals surface area contributed by atoms with Crippen molar-refractivity contribution in [1.29, 1.82) is 0 Å². The normalized spacial score (nSPS) is 22.3. The Morgan fingerprint density at radius 1 is 1.69 bits per heavy atom.